The fourth-order valence-electron chi connectivity index (χ4n) is 1.61. The number of ether oxygens (including phenoxy) is 1. The number of aryl methyl sites for hydroxylation is 1. The van der Waals surface area contributed by atoms with E-state index in [0.29, 0.717) is 6.61 Å². The van der Waals surface area contributed by atoms with Gasteiger partial charge in [-0.05, 0) is 58.2 Å². The molecule has 102 valence electrons. The number of hydrogen-bond donors (Lipinski definition) is 1. The number of benzene rings is 1. The Bertz CT molecular complexity index is 356. The highest BCUT2D eigenvalue weighted by atomic mass is 35.5. The zero-order valence-corrected chi connectivity index (χ0v) is 12.3. The minimum atomic E-state index is 0.670. The summed E-state index contributed by atoms with van der Waals surface area (Å²) in [6, 6.07) is 5.72. The molecule has 1 N–H and O–H groups in total. The van der Waals surface area contributed by atoms with Crippen LogP contribution in [0, 0.1) is 6.92 Å². The van der Waals surface area contributed by atoms with Gasteiger partial charge in [0, 0.05) is 11.6 Å². The topological polar surface area (TPSA) is 24.5 Å². The summed E-state index contributed by atoms with van der Waals surface area (Å²) in [5, 5.41) is 4.08. The molecule has 1 rings (SSSR count). The molecule has 0 bridgehead atoms. The zero-order valence-electron chi connectivity index (χ0n) is 11.5. The van der Waals surface area contributed by atoms with Crippen molar-refractivity contribution in [1.29, 1.82) is 0 Å². The predicted octanol–water partition coefficient (Wildman–Crippen LogP) is 2.57. The Morgan fingerprint density at radius 1 is 1.28 bits per heavy atom. The maximum absolute atomic E-state index is 5.93. The quantitative estimate of drug-likeness (QED) is 0.735. The molecule has 0 unspecified atom stereocenters. The lowest BCUT2D eigenvalue weighted by Crippen LogP contribution is -2.25. The highest BCUT2D eigenvalue weighted by molar-refractivity contribution is 6.30. The fraction of sp³-hybridized carbons (Fsp3) is 0.571. The molecule has 4 heteroatoms. The van der Waals surface area contributed by atoms with Gasteiger partial charge in [0.25, 0.3) is 0 Å². The van der Waals surface area contributed by atoms with Gasteiger partial charge in [-0.2, -0.15) is 0 Å². The first-order valence-electron chi connectivity index (χ1n) is 6.34. The number of rotatable bonds is 8. The van der Waals surface area contributed by atoms with E-state index in [4.69, 9.17) is 16.3 Å². The van der Waals surface area contributed by atoms with Crippen LogP contribution in [0.2, 0.25) is 5.02 Å². The highest BCUT2D eigenvalue weighted by Crippen LogP contribution is 2.22. The molecule has 0 saturated carbocycles. The predicted molar refractivity (Wildman–Crippen MR) is 77.7 cm³/mol. The van der Waals surface area contributed by atoms with Crippen LogP contribution in [0.3, 0.4) is 0 Å². The van der Waals surface area contributed by atoms with E-state index in [1.54, 1.807) is 0 Å². The monoisotopic (exact) mass is 270 g/mol. The molecule has 0 aromatic heterocycles. The molecule has 18 heavy (non-hydrogen) atoms. The third-order valence-electron chi connectivity index (χ3n) is 2.65. The lowest BCUT2D eigenvalue weighted by atomic mass is 10.2. The summed E-state index contributed by atoms with van der Waals surface area (Å²) in [6.45, 7) is 5.69. The third kappa shape index (κ3) is 6.24. The van der Waals surface area contributed by atoms with E-state index in [1.165, 1.54) is 0 Å². The smallest absolute Gasteiger partial charge is 0.123 e. The summed E-state index contributed by atoms with van der Waals surface area (Å²) in [5.41, 5.74) is 1.12. The van der Waals surface area contributed by atoms with E-state index in [0.717, 1.165) is 42.4 Å². The van der Waals surface area contributed by atoms with Crippen LogP contribution in [0.5, 0.6) is 5.75 Å². The summed E-state index contributed by atoms with van der Waals surface area (Å²) in [5.74, 6) is 0.873. The third-order valence-corrected chi connectivity index (χ3v) is 2.88. The van der Waals surface area contributed by atoms with Gasteiger partial charge in [-0.15, -0.1) is 0 Å². The maximum atomic E-state index is 5.93. The second-order valence-electron chi connectivity index (χ2n) is 4.67. The van der Waals surface area contributed by atoms with Crippen molar-refractivity contribution in [1.82, 2.24) is 10.2 Å². The lowest BCUT2D eigenvalue weighted by molar-refractivity contribution is 0.309. The molecule has 0 fully saturated rings. The van der Waals surface area contributed by atoms with Crippen molar-refractivity contribution in [3.63, 3.8) is 0 Å². The van der Waals surface area contributed by atoms with Gasteiger partial charge in [0.05, 0.1) is 0 Å². The Balaban J connectivity index is 2.12. The Kier molecular flexibility index (Phi) is 7.09. The van der Waals surface area contributed by atoms with Gasteiger partial charge in [-0.1, -0.05) is 17.7 Å². The maximum Gasteiger partial charge on any atom is 0.123 e. The van der Waals surface area contributed by atoms with Crippen LogP contribution in [0.25, 0.3) is 0 Å². The minimum absolute atomic E-state index is 0.670. The molecule has 0 amide bonds. The number of nitrogens with zero attached hydrogens (tertiary/aromatic N) is 1. The lowest BCUT2D eigenvalue weighted by Gasteiger charge is -2.11. The zero-order chi connectivity index (χ0) is 13.4. The van der Waals surface area contributed by atoms with Gasteiger partial charge >= 0.3 is 0 Å². The van der Waals surface area contributed by atoms with E-state index in [-0.39, 0.29) is 0 Å². The summed E-state index contributed by atoms with van der Waals surface area (Å²) in [4.78, 5) is 2.19. The van der Waals surface area contributed by atoms with E-state index in [2.05, 4.69) is 24.3 Å². The SMILES string of the molecule is Cc1ccc(Cl)cc1OCCNCCCN(C)C. The van der Waals surface area contributed by atoms with Crippen LogP contribution in [0.15, 0.2) is 18.2 Å². The molecule has 0 radical (unpaired) electrons. The average molecular weight is 271 g/mol. The van der Waals surface area contributed by atoms with E-state index in [1.807, 2.05) is 25.1 Å². The van der Waals surface area contributed by atoms with Crippen LogP contribution in [0.1, 0.15) is 12.0 Å². The molecule has 1 aromatic rings. The van der Waals surface area contributed by atoms with Gasteiger partial charge < -0.3 is 15.0 Å². The molecule has 0 aliphatic carbocycles. The second-order valence-corrected chi connectivity index (χ2v) is 5.10. The van der Waals surface area contributed by atoms with Crippen LogP contribution >= 0.6 is 11.6 Å². The summed E-state index contributed by atoms with van der Waals surface area (Å²) in [7, 11) is 4.18. The number of halogens is 1. The minimum Gasteiger partial charge on any atom is -0.492 e. The van der Waals surface area contributed by atoms with Crippen LogP contribution in [-0.4, -0.2) is 45.2 Å². The Morgan fingerprint density at radius 2 is 2.06 bits per heavy atom. The van der Waals surface area contributed by atoms with Gasteiger partial charge in [-0.25, -0.2) is 0 Å². The Labute approximate surface area is 115 Å². The van der Waals surface area contributed by atoms with Crippen molar-refractivity contribution in [2.24, 2.45) is 0 Å². The summed E-state index contributed by atoms with van der Waals surface area (Å²) >= 11 is 5.93. The van der Waals surface area contributed by atoms with E-state index >= 15 is 0 Å². The Hall–Kier alpha value is -0.770. The molecule has 3 nitrogen and oxygen atoms in total. The second kappa shape index (κ2) is 8.35. The molecule has 0 aliphatic rings. The molecule has 0 spiro atoms. The number of hydrogen-bond acceptors (Lipinski definition) is 3. The fourth-order valence-corrected chi connectivity index (χ4v) is 1.77. The first kappa shape index (κ1) is 15.3. The van der Waals surface area contributed by atoms with Crippen molar-refractivity contribution in [2.45, 2.75) is 13.3 Å². The van der Waals surface area contributed by atoms with Crippen molar-refractivity contribution in [3.05, 3.63) is 28.8 Å². The first-order valence-corrected chi connectivity index (χ1v) is 6.72. The molecule has 0 saturated heterocycles. The first-order chi connectivity index (χ1) is 8.59. The summed E-state index contributed by atoms with van der Waals surface area (Å²) in [6.07, 6.45) is 1.16. The summed E-state index contributed by atoms with van der Waals surface area (Å²) < 4.78 is 5.69. The van der Waals surface area contributed by atoms with Gasteiger partial charge in [0.1, 0.15) is 12.4 Å². The van der Waals surface area contributed by atoms with Crippen LogP contribution < -0.4 is 10.1 Å². The van der Waals surface area contributed by atoms with Gasteiger partial charge in [0.15, 0.2) is 0 Å². The van der Waals surface area contributed by atoms with Crippen LogP contribution in [0.4, 0.5) is 0 Å². The van der Waals surface area contributed by atoms with Crippen molar-refractivity contribution in [2.75, 3.05) is 40.3 Å². The van der Waals surface area contributed by atoms with Gasteiger partial charge in [0.2, 0.25) is 0 Å². The van der Waals surface area contributed by atoms with E-state index < -0.39 is 0 Å². The normalized spacial score (nSPS) is 10.9. The number of nitrogens with one attached hydrogen (secondary N) is 1. The molecular formula is C14H23ClN2O. The standard InChI is InChI=1S/C14H23ClN2O/c1-12-5-6-13(15)11-14(12)18-10-8-16-7-4-9-17(2)3/h5-6,11,16H,4,7-10H2,1-3H3. The van der Waals surface area contributed by atoms with Crippen molar-refractivity contribution < 1.29 is 4.74 Å². The molecule has 0 aliphatic heterocycles. The average Bonchev–Trinajstić information content (AvgIpc) is 2.32. The molecule has 0 heterocycles. The largest absolute Gasteiger partial charge is 0.492 e. The van der Waals surface area contributed by atoms with Crippen LogP contribution in [-0.2, 0) is 0 Å². The molecule has 0 atom stereocenters. The highest BCUT2D eigenvalue weighted by Gasteiger charge is 2.00. The molecule has 1 aromatic carbocycles. The molecular weight excluding hydrogens is 248 g/mol. The van der Waals surface area contributed by atoms with Crippen molar-refractivity contribution in [3.8, 4) is 5.75 Å². The van der Waals surface area contributed by atoms with Crippen molar-refractivity contribution >= 4 is 11.6 Å². The van der Waals surface area contributed by atoms with E-state index in [9.17, 15) is 0 Å². The Morgan fingerprint density at radius 3 is 2.78 bits per heavy atom. The van der Waals surface area contributed by atoms with Gasteiger partial charge in [-0.3, -0.25) is 0 Å².